The molecule has 142 valence electrons. The summed E-state index contributed by atoms with van der Waals surface area (Å²) in [5.74, 6) is -0.155. The zero-order chi connectivity index (χ0) is 18.6. The van der Waals surface area contributed by atoms with E-state index in [2.05, 4.69) is 21.9 Å². The number of aliphatic hydroxyl groups is 1. The predicted molar refractivity (Wildman–Crippen MR) is 107 cm³/mol. The Kier molecular flexibility index (Phi) is 5.78. The summed E-state index contributed by atoms with van der Waals surface area (Å²) in [6, 6.07) is 15.4. The molecule has 1 fully saturated rings. The molecule has 0 bridgehead atoms. The summed E-state index contributed by atoms with van der Waals surface area (Å²) in [6.07, 6.45) is 0.699. The van der Waals surface area contributed by atoms with Crippen molar-refractivity contribution in [3.63, 3.8) is 0 Å². The van der Waals surface area contributed by atoms with Crippen molar-refractivity contribution >= 4 is 21.6 Å². The predicted octanol–water partition coefficient (Wildman–Crippen LogP) is 3.50. The largest absolute Gasteiger partial charge is 0.396 e. The monoisotopic (exact) mass is 385 g/mol. The van der Waals surface area contributed by atoms with Gasteiger partial charge in [-0.2, -0.15) is 0 Å². The van der Waals surface area contributed by atoms with E-state index in [0.717, 1.165) is 42.3 Å². The molecule has 0 aliphatic carbocycles. The van der Waals surface area contributed by atoms with Crippen LogP contribution in [0, 0.1) is 5.82 Å². The van der Waals surface area contributed by atoms with Gasteiger partial charge >= 0.3 is 0 Å². The molecule has 1 atom stereocenters. The van der Waals surface area contributed by atoms with Crippen LogP contribution in [0.4, 0.5) is 4.39 Å². The Bertz CT molecular complexity index is 867. The van der Waals surface area contributed by atoms with E-state index >= 15 is 0 Å². The molecule has 2 heterocycles. The van der Waals surface area contributed by atoms with Gasteiger partial charge in [0.2, 0.25) is 0 Å². The molecule has 1 unspecified atom stereocenters. The van der Waals surface area contributed by atoms with E-state index in [-0.39, 0.29) is 18.5 Å². The maximum Gasteiger partial charge on any atom is 0.127 e. The Morgan fingerprint density at radius 1 is 1.07 bits per heavy atom. The summed E-state index contributed by atoms with van der Waals surface area (Å²) in [7, 11) is 0. The fourth-order valence-electron chi connectivity index (χ4n) is 3.76. The highest BCUT2D eigenvalue weighted by Gasteiger charge is 2.27. The molecule has 1 N–H and O–H groups in total. The van der Waals surface area contributed by atoms with Crippen LogP contribution in [-0.2, 0) is 13.1 Å². The number of aliphatic hydroxyl groups excluding tert-OH is 1. The Balaban J connectivity index is 1.43. The third kappa shape index (κ3) is 4.35. The molecule has 0 saturated carbocycles. The minimum atomic E-state index is -0.155. The highest BCUT2D eigenvalue weighted by atomic mass is 32.1. The first-order chi connectivity index (χ1) is 13.2. The average Bonchev–Trinajstić information content (AvgIpc) is 3.08. The van der Waals surface area contributed by atoms with Crippen molar-refractivity contribution in [3.05, 3.63) is 64.9 Å². The van der Waals surface area contributed by atoms with Gasteiger partial charge in [0.15, 0.2) is 0 Å². The molecule has 3 aromatic rings. The van der Waals surface area contributed by atoms with Crippen molar-refractivity contribution in [2.75, 3.05) is 26.2 Å². The summed E-state index contributed by atoms with van der Waals surface area (Å²) in [5, 5.41) is 10.6. The summed E-state index contributed by atoms with van der Waals surface area (Å²) < 4.78 is 15.2. The van der Waals surface area contributed by atoms with Crippen LogP contribution < -0.4 is 0 Å². The van der Waals surface area contributed by atoms with Crippen LogP contribution in [0.1, 0.15) is 17.0 Å². The lowest BCUT2D eigenvalue weighted by Gasteiger charge is -2.41. The molecule has 0 amide bonds. The van der Waals surface area contributed by atoms with E-state index in [1.54, 1.807) is 17.4 Å². The van der Waals surface area contributed by atoms with Crippen molar-refractivity contribution in [2.45, 2.75) is 25.6 Å². The maximum absolute atomic E-state index is 14.0. The van der Waals surface area contributed by atoms with Crippen LogP contribution in [0.3, 0.4) is 0 Å². The molecule has 1 saturated heterocycles. The Morgan fingerprint density at radius 2 is 1.89 bits per heavy atom. The smallest absolute Gasteiger partial charge is 0.127 e. The fraction of sp³-hybridized carbons (Fsp3) is 0.381. The third-order valence-corrected chi connectivity index (χ3v) is 6.20. The van der Waals surface area contributed by atoms with Crippen molar-refractivity contribution in [3.8, 4) is 0 Å². The quantitative estimate of drug-likeness (QED) is 0.705. The summed E-state index contributed by atoms with van der Waals surface area (Å²) in [5.41, 5.74) is 1.78. The lowest BCUT2D eigenvalue weighted by Crippen LogP contribution is -2.52. The van der Waals surface area contributed by atoms with Gasteiger partial charge in [-0.05, 0) is 24.6 Å². The zero-order valence-corrected chi connectivity index (χ0v) is 16.0. The molecule has 2 aromatic carbocycles. The Hall–Kier alpha value is -1.86. The van der Waals surface area contributed by atoms with Gasteiger partial charge in [-0.25, -0.2) is 9.37 Å². The average molecular weight is 386 g/mol. The van der Waals surface area contributed by atoms with Gasteiger partial charge in [-0.3, -0.25) is 9.80 Å². The van der Waals surface area contributed by atoms with E-state index in [0.29, 0.717) is 13.0 Å². The van der Waals surface area contributed by atoms with Gasteiger partial charge in [0.1, 0.15) is 10.8 Å². The number of halogens is 1. The molecular weight excluding hydrogens is 361 g/mol. The number of aromatic nitrogens is 1. The second-order valence-electron chi connectivity index (χ2n) is 7.04. The minimum absolute atomic E-state index is 0.146. The van der Waals surface area contributed by atoms with Gasteiger partial charge < -0.3 is 5.11 Å². The summed E-state index contributed by atoms with van der Waals surface area (Å²) in [6.45, 7) is 4.22. The standard InChI is InChI=1S/C21H24FN3OS/c22-18-6-2-1-5-16(18)13-25-11-10-24(14-17(25)9-12-26)15-21-23-19-7-3-4-8-20(19)27-21/h1-8,17,26H,9-15H2. The molecule has 6 heteroatoms. The second-order valence-corrected chi connectivity index (χ2v) is 8.15. The Morgan fingerprint density at radius 3 is 2.70 bits per heavy atom. The molecular formula is C21H24FN3OS. The molecule has 0 radical (unpaired) electrons. The molecule has 1 aliphatic heterocycles. The zero-order valence-electron chi connectivity index (χ0n) is 15.2. The number of benzene rings is 2. The van der Waals surface area contributed by atoms with Crippen molar-refractivity contribution in [1.82, 2.24) is 14.8 Å². The first kappa shape index (κ1) is 18.5. The van der Waals surface area contributed by atoms with Crippen molar-refractivity contribution < 1.29 is 9.50 Å². The van der Waals surface area contributed by atoms with Crippen LogP contribution in [0.15, 0.2) is 48.5 Å². The molecule has 1 aliphatic rings. The normalized spacial score (nSPS) is 19.0. The van der Waals surface area contributed by atoms with E-state index in [1.807, 2.05) is 24.3 Å². The van der Waals surface area contributed by atoms with Crippen LogP contribution in [0.25, 0.3) is 10.2 Å². The van der Waals surface area contributed by atoms with Gasteiger partial charge in [0.05, 0.1) is 16.8 Å². The first-order valence-corrected chi connectivity index (χ1v) is 10.2. The SMILES string of the molecule is OCCC1CN(Cc2nc3ccccc3s2)CCN1Cc1ccccc1F. The molecule has 4 rings (SSSR count). The lowest BCUT2D eigenvalue weighted by atomic mass is 10.1. The van der Waals surface area contributed by atoms with Gasteiger partial charge in [-0.1, -0.05) is 30.3 Å². The number of hydrogen-bond acceptors (Lipinski definition) is 5. The highest BCUT2D eigenvalue weighted by Crippen LogP contribution is 2.24. The number of para-hydroxylation sites is 1. The van der Waals surface area contributed by atoms with Crippen molar-refractivity contribution in [2.24, 2.45) is 0 Å². The number of hydrogen-bond donors (Lipinski definition) is 1. The summed E-state index contributed by atoms with van der Waals surface area (Å²) in [4.78, 5) is 9.43. The lowest BCUT2D eigenvalue weighted by molar-refractivity contribution is 0.0493. The number of piperazine rings is 1. The minimum Gasteiger partial charge on any atom is -0.396 e. The van der Waals surface area contributed by atoms with Crippen LogP contribution in [0.2, 0.25) is 0 Å². The van der Waals surface area contributed by atoms with Crippen molar-refractivity contribution in [1.29, 1.82) is 0 Å². The van der Waals surface area contributed by atoms with E-state index in [1.165, 1.54) is 10.8 Å². The van der Waals surface area contributed by atoms with E-state index in [4.69, 9.17) is 4.98 Å². The molecule has 0 spiro atoms. The topological polar surface area (TPSA) is 39.6 Å². The fourth-order valence-corrected chi connectivity index (χ4v) is 4.77. The third-order valence-electron chi connectivity index (χ3n) is 5.18. The molecule has 4 nitrogen and oxygen atoms in total. The number of fused-ring (bicyclic) bond motifs is 1. The van der Waals surface area contributed by atoms with Crippen LogP contribution in [0.5, 0.6) is 0 Å². The molecule has 1 aromatic heterocycles. The van der Waals surface area contributed by atoms with Crippen LogP contribution in [-0.4, -0.2) is 52.2 Å². The number of nitrogens with zero attached hydrogens (tertiary/aromatic N) is 3. The Labute approximate surface area is 162 Å². The van der Waals surface area contributed by atoms with Crippen LogP contribution >= 0.6 is 11.3 Å². The van der Waals surface area contributed by atoms with E-state index in [9.17, 15) is 9.50 Å². The number of thiazole rings is 1. The second kappa shape index (κ2) is 8.44. The van der Waals surface area contributed by atoms with Gasteiger partial charge in [0, 0.05) is 44.4 Å². The van der Waals surface area contributed by atoms with E-state index < -0.39 is 0 Å². The highest BCUT2D eigenvalue weighted by molar-refractivity contribution is 7.18. The first-order valence-electron chi connectivity index (χ1n) is 9.38. The van der Waals surface area contributed by atoms with Gasteiger partial charge in [0.25, 0.3) is 0 Å². The number of rotatable bonds is 6. The van der Waals surface area contributed by atoms with Gasteiger partial charge in [-0.15, -0.1) is 11.3 Å². The maximum atomic E-state index is 14.0. The molecule has 27 heavy (non-hydrogen) atoms. The summed E-state index contributed by atoms with van der Waals surface area (Å²) >= 11 is 1.75.